The lowest BCUT2D eigenvalue weighted by atomic mass is 10.2. The van der Waals surface area contributed by atoms with Gasteiger partial charge in [0.2, 0.25) is 5.91 Å². The van der Waals surface area contributed by atoms with E-state index < -0.39 is 5.97 Å². The highest BCUT2D eigenvalue weighted by Crippen LogP contribution is 2.15. The van der Waals surface area contributed by atoms with Crippen molar-refractivity contribution in [2.45, 2.75) is 13.8 Å². The molecule has 0 aliphatic rings. The lowest BCUT2D eigenvalue weighted by molar-refractivity contribution is -0.142. The normalized spacial score (nSPS) is 9.94. The van der Waals surface area contributed by atoms with E-state index in [0.29, 0.717) is 5.69 Å². The highest BCUT2D eigenvalue weighted by molar-refractivity contribution is 6.29. The quantitative estimate of drug-likeness (QED) is 0.608. The number of carbonyl (C=O) groups excluding carboxylic acids is 2. The van der Waals surface area contributed by atoms with Crippen molar-refractivity contribution < 1.29 is 14.3 Å². The van der Waals surface area contributed by atoms with Crippen molar-refractivity contribution in [1.29, 1.82) is 0 Å². The molecule has 1 aromatic carbocycles. The maximum atomic E-state index is 11.7. The Morgan fingerprint density at radius 1 is 1.28 bits per heavy atom. The van der Waals surface area contributed by atoms with Gasteiger partial charge in [-0.3, -0.25) is 9.59 Å². The molecule has 0 bridgehead atoms. The third-order valence-corrected chi connectivity index (χ3v) is 2.58. The van der Waals surface area contributed by atoms with Crippen LogP contribution in [0.3, 0.4) is 0 Å². The largest absolute Gasteiger partial charge is 0.465 e. The van der Waals surface area contributed by atoms with Crippen LogP contribution < -0.4 is 4.90 Å². The van der Waals surface area contributed by atoms with Gasteiger partial charge in [0.1, 0.15) is 12.4 Å². The van der Waals surface area contributed by atoms with Gasteiger partial charge in [-0.2, -0.15) is 0 Å². The Balaban J connectivity index is 2.88. The van der Waals surface area contributed by atoms with Crippen LogP contribution in [-0.4, -0.2) is 30.9 Å². The van der Waals surface area contributed by atoms with E-state index in [1.165, 1.54) is 4.90 Å². The van der Waals surface area contributed by atoms with Crippen LogP contribution in [0.15, 0.2) is 24.3 Å². The van der Waals surface area contributed by atoms with Crippen molar-refractivity contribution in [3.8, 4) is 0 Å². The number of esters is 1. The summed E-state index contributed by atoms with van der Waals surface area (Å²) in [5.41, 5.74) is 1.72. The Labute approximate surface area is 111 Å². The van der Waals surface area contributed by atoms with Gasteiger partial charge in [-0.25, -0.2) is 0 Å². The molecule has 0 unspecified atom stereocenters. The predicted molar refractivity (Wildman–Crippen MR) is 70.9 cm³/mol. The standard InChI is InChI=1S/C13H16ClNO3/c1-3-18-13(17)9-15(12(16)8-14)11-6-4-10(2)5-7-11/h4-7H,3,8-9H2,1-2H3. The number of carbonyl (C=O) groups is 2. The molecule has 98 valence electrons. The topological polar surface area (TPSA) is 46.6 Å². The molecule has 0 atom stereocenters. The van der Waals surface area contributed by atoms with Gasteiger partial charge >= 0.3 is 5.97 Å². The Bertz CT molecular complexity index is 417. The number of alkyl halides is 1. The van der Waals surface area contributed by atoms with Crippen molar-refractivity contribution in [3.05, 3.63) is 29.8 Å². The molecular formula is C13H16ClNO3. The van der Waals surface area contributed by atoms with Crippen LogP contribution in [0.2, 0.25) is 0 Å². The lowest BCUT2D eigenvalue weighted by Crippen LogP contribution is -2.37. The average molecular weight is 270 g/mol. The highest BCUT2D eigenvalue weighted by atomic mass is 35.5. The molecule has 0 spiro atoms. The van der Waals surface area contributed by atoms with Crippen molar-refractivity contribution in [1.82, 2.24) is 0 Å². The van der Waals surface area contributed by atoms with Gasteiger partial charge in [-0.05, 0) is 26.0 Å². The summed E-state index contributed by atoms with van der Waals surface area (Å²) in [6.45, 7) is 3.83. The number of benzene rings is 1. The van der Waals surface area contributed by atoms with E-state index in [-0.39, 0.29) is 24.9 Å². The first-order valence-electron chi connectivity index (χ1n) is 5.67. The predicted octanol–water partition coefficient (Wildman–Crippen LogP) is 2.13. The Morgan fingerprint density at radius 3 is 2.39 bits per heavy atom. The van der Waals surface area contributed by atoms with Gasteiger partial charge in [0.15, 0.2) is 0 Å². The zero-order chi connectivity index (χ0) is 13.5. The minimum atomic E-state index is -0.448. The second-order valence-corrected chi connectivity index (χ2v) is 4.02. The first-order valence-corrected chi connectivity index (χ1v) is 6.20. The van der Waals surface area contributed by atoms with Crippen LogP contribution in [0.1, 0.15) is 12.5 Å². The fraction of sp³-hybridized carbons (Fsp3) is 0.385. The molecule has 1 amide bonds. The maximum Gasteiger partial charge on any atom is 0.326 e. The summed E-state index contributed by atoms with van der Waals surface area (Å²) < 4.78 is 4.84. The zero-order valence-electron chi connectivity index (χ0n) is 10.5. The number of nitrogens with zero attached hydrogens (tertiary/aromatic N) is 1. The van der Waals surface area contributed by atoms with Gasteiger partial charge in [0.25, 0.3) is 0 Å². The minimum Gasteiger partial charge on any atom is -0.465 e. The van der Waals surface area contributed by atoms with Crippen molar-refractivity contribution in [2.75, 3.05) is 23.9 Å². The van der Waals surface area contributed by atoms with Crippen molar-refractivity contribution in [2.24, 2.45) is 0 Å². The smallest absolute Gasteiger partial charge is 0.326 e. The van der Waals surface area contributed by atoms with Crippen molar-refractivity contribution in [3.63, 3.8) is 0 Å². The molecule has 0 aliphatic heterocycles. The number of amides is 1. The van der Waals surface area contributed by atoms with Gasteiger partial charge in [0.05, 0.1) is 6.61 Å². The minimum absolute atomic E-state index is 0.123. The van der Waals surface area contributed by atoms with E-state index in [2.05, 4.69) is 0 Å². The summed E-state index contributed by atoms with van der Waals surface area (Å²) in [5, 5.41) is 0. The van der Waals surface area contributed by atoms with E-state index in [0.717, 1.165) is 5.56 Å². The van der Waals surface area contributed by atoms with E-state index in [1.54, 1.807) is 19.1 Å². The number of hydrogen-bond acceptors (Lipinski definition) is 3. The molecule has 0 N–H and O–H groups in total. The molecule has 1 rings (SSSR count). The number of hydrogen-bond donors (Lipinski definition) is 0. The molecule has 0 heterocycles. The first kappa shape index (κ1) is 14.5. The van der Waals surface area contributed by atoms with Gasteiger partial charge in [0, 0.05) is 5.69 Å². The molecule has 5 heteroatoms. The second-order valence-electron chi connectivity index (χ2n) is 3.75. The molecule has 0 fully saturated rings. The molecule has 18 heavy (non-hydrogen) atoms. The zero-order valence-corrected chi connectivity index (χ0v) is 11.2. The molecule has 1 aromatic rings. The number of halogens is 1. The number of rotatable bonds is 5. The summed E-state index contributed by atoms with van der Waals surface area (Å²) in [7, 11) is 0. The van der Waals surface area contributed by atoms with Crippen LogP contribution in [0.25, 0.3) is 0 Å². The fourth-order valence-electron chi connectivity index (χ4n) is 1.46. The summed E-state index contributed by atoms with van der Waals surface area (Å²) in [6, 6.07) is 7.29. The Hall–Kier alpha value is -1.55. The maximum absolute atomic E-state index is 11.7. The van der Waals surface area contributed by atoms with E-state index in [9.17, 15) is 9.59 Å². The van der Waals surface area contributed by atoms with Gasteiger partial charge in [-0.1, -0.05) is 17.7 Å². The number of anilines is 1. The molecule has 0 aliphatic carbocycles. The third kappa shape index (κ3) is 4.04. The average Bonchev–Trinajstić information content (AvgIpc) is 2.36. The van der Waals surface area contributed by atoms with Gasteiger partial charge in [-0.15, -0.1) is 11.6 Å². The number of aryl methyl sites for hydroxylation is 1. The monoisotopic (exact) mass is 269 g/mol. The lowest BCUT2D eigenvalue weighted by Gasteiger charge is -2.21. The first-order chi connectivity index (χ1) is 8.58. The molecular weight excluding hydrogens is 254 g/mol. The Kier molecular flexibility index (Phi) is 5.65. The molecule has 0 saturated heterocycles. The number of ether oxygens (including phenoxy) is 1. The van der Waals surface area contributed by atoms with Crippen LogP contribution >= 0.6 is 11.6 Å². The summed E-state index contributed by atoms with van der Waals surface area (Å²) in [4.78, 5) is 24.5. The van der Waals surface area contributed by atoms with Crippen molar-refractivity contribution >= 4 is 29.2 Å². The van der Waals surface area contributed by atoms with E-state index in [4.69, 9.17) is 16.3 Å². The Morgan fingerprint density at radius 2 is 1.89 bits per heavy atom. The highest BCUT2D eigenvalue weighted by Gasteiger charge is 2.18. The summed E-state index contributed by atoms with van der Waals surface area (Å²) in [5.74, 6) is -0.946. The molecule has 0 saturated carbocycles. The summed E-state index contributed by atoms with van der Waals surface area (Å²) in [6.07, 6.45) is 0. The van der Waals surface area contributed by atoms with Crippen LogP contribution in [0.5, 0.6) is 0 Å². The third-order valence-electron chi connectivity index (χ3n) is 2.35. The summed E-state index contributed by atoms with van der Waals surface area (Å²) >= 11 is 5.55. The fourth-order valence-corrected chi connectivity index (χ4v) is 1.60. The molecule has 0 radical (unpaired) electrons. The van der Waals surface area contributed by atoms with Crippen LogP contribution in [0, 0.1) is 6.92 Å². The van der Waals surface area contributed by atoms with E-state index in [1.807, 2.05) is 19.1 Å². The SMILES string of the molecule is CCOC(=O)CN(C(=O)CCl)c1ccc(C)cc1. The van der Waals surface area contributed by atoms with Gasteiger partial charge < -0.3 is 9.64 Å². The molecule has 4 nitrogen and oxygen atoms in total. The second kappa shape index (κ2) is 7.01. The van der Waals surface area contributed by atoms with Crippen LogP contribution in [0.4, 0.5) is 5.69 Å². The van der Waals surface area contributed by atoms with E-state index >= 15 is 0 Å². The molecule has 0 aromatic heterocycles. The van der Waals surface area contributed by atoms with Crippen LogP contribution in [-0.2, 0) is 14.3 Å².